The predicted molar refractivity (Wildman–Crippen MR) is 80.9 cm³/mol. The van der Waals surface area contributed by atoms with Crippen molar-refractivity contribution in [3.05, 3.63) is 28.0 Å². The molecule has 4 N–H and O–H groups in total. The van der Waals surface area contributed by atoms with Crippen molar-refractivity contribution in [3.63, 3.8) is 0 Å². The Hall–Kier alpha value is -1.14. The van der Waals surface area contributed by atoms with Crippen LogP contribution in [-0.2, 0) is 0 Å². The lowest BCUT2D eigenvalue weighted by molar-refractivity contribution is 0.0816. The van der Waals surface area contributed by atoms with Crippen LogP contribution in [0, 0.1) is 11.7 Å². The molecule has 1 aromatic rings. The van der Waals surface area contributed by atoms with Gasteiger partial charge in [0.1, 0.15) is 5.82 Å². The van der Waals surface area contributed by atoms with Crippen molar-refractivity contribution in [1.29, 1.82) is 0 Å². The fraction of sp³-hybridized carbons (Fsp3) is 0.500. The molecular formula is C14H20BrFN2O2. The summed E-state index contributed by atoms with van der Waals surface area (Å²) < 4.78 is 13.5. The number of halogens is 2. The van der Waals surface area contributed by atoms with E-state index in [1.54, 1.807) is 0 Å². The van der Waals surface area contributed by atoms with E-state index in [9.17, 15) is 14.3 Å². The molecule has 0 bridgehead atoms. The Morgan fingerprint density at radius 1 is 1.45 bits per heavy atom. The van der Waals surface area contributed by atoms with E-state index in [2.05, 4.69) is 21.2 Å². The van der Waals surface area contributed by atoms with Gasteiger partial charge >= 0.3 is 0 Å². The third kappa shape index (κ3) is 4.18. The SMILES string of the molecule is CCC(CC)C(O)CNC(=O)c1cc(N)c(F)cc1Br. The van der Waals surface area contributed by atoms with E-state index < -0.39 is 17.8 Å². The molecule has 0 spiro atoms. The molecule has 1 rings (SSSR count). The first kappa shape index (κ1) is 16.9. The van der Waals surface area contributed by atoms with Gasteiger partial charge in [0.05, 0.1) is 17.4 Å². The lowest BCUT2D eigenvalue weighted by atomic mass is 9.96. The second-order valence-corrected chi connectivity index (χ2v) is 5.56. The summed E-state index contributed by atoms with van der Waals surface area (Å²) in [5.74, 6) is -0.823. The first-order valence-electron chi connectivity index (χ1n) is 6.61. The fourth-order valence-corrected chi connectivity index (χ4v) is 2.53. The van der Waals surface area contributed by atoms with Gasteiger partial charge in [-0.3, -0.25) is 4.79 Å². The average molecular weight is 347 g/mol. The van der Waals surface area contributed by atoms with Crippen LogP contribution in [0.25, 0.3) is 0 Å². The van der Waals surface area contributed by atoms with Crippen molar-refractivity contribution >= 4 is 27.5 Å². The highest BCUT2D eigenvalue weighted by atomic mass is 79.9. The molecule has 20 heavy (non-hydrogen) atoms. The first-order valence-corrected chi connectivity index (χ1v) is 7.40. The molecule has 4 nitrogen and oxygen atoms in total. The largest absolute Gasteiger partial charge is 0.396 e. The van der Waals surface area contributed by atoms with E-state index in [1.165, 1.54) is 6.07 Å². The zero-order chi connectivity index (χ0) is 15.3. The minimum absolute atomic E-state index is 0.0844. The summed E-state index contributed by atoms with van der Waals surface area (Å²) in [6.45, 7) is 4.15. The van der Waals surface area contributed by atoms with E-state index in [1.807, 2.05) is 13.8 Å². The molecule has 1 atom stereocenters. The first-order chi connectivity index (χ1) is 9.40. The molecule has 0 aromatic heterocycles. The third-order valence-corrected chi connectivity index (χ3v) is 4.05. The van der Waals surface area contributed by atoms with Crippen molar-refractivity contribution in [2.45, 2.75) is 32.8 Å². The molecule has 6 heteroatoms. The number of anilines is 1. The summed E-state index contributed by atoms with van der Waals surface area (Å²) in [5.41, 5.74) is 5.62. The number of benzene rings is 1. The van der Waals surface area contributed by atoms with Gasteiger partial charge in [-0.25, -0.2) is 4.39 Å². The second kappa shape index (κ2) is 7.59. The molecule has 1 aromatic carbocycles. The molecule has 0 saturated carbocycles. The second-order valence-electron chi connectivity index (χ2n) is 4.71. The third-order valence-electron chi connectivity index (χ3n) is 3.40. The van der Waals surface area contributed by atoms with Crippen molar-refractivity contribution in [2.24, 2.45) is 5.92 Å². The van der Waals surface area contributed by atoms with Crippen molar-refractivity contribution in [1.82, 2.24) is 5.32 Å². The summed E-state index contributed by atoms with van der Waals surface area (Å²) >= 11 is 3.13. The van der Waals surface area contributed by atoms with Gasteiger partial charge in [0, 0.05) is 11.0 Å². The normalized spacial score (nSPS) is 12.5. The van der Waals surface area contributed by atoms with Crippen LogP contribution < -0.4 is 11.1 Å². The van der Waals surface area contributed by atoms with E-state index in [-0.39, 0.29) is 23.7 Å². The summed E-state index contributed by atoms with van der Waals surface area (Å²) in [4.78, 5) is 12.0. The van der Waals surface area contributed by atoms with Gasteiger partial charge in [-0.2, -0.15) is 0 Å². The van der Waals surface area contributed by atoms with E-state index in [0.29, 0.717) is 4.47 Å². The molecule has 0 aliphatic carbocycles. The Morgan fingerprint density at radius 2 is 2.05 bits per heavy atom. The minimum Gasteiger partial charge on any atom is -0.396 e. The Bertz CT molecular complexity index is 478. The molecule has 0 radical (unpaired) electrons. The van der Waals surface area contributed by atoms with Crippen LogP contribution in [-0.4, -0.2) is 23.7 Å². The van der Waals surface area contributed by atoms with Gasteiger partial charge < -0.3 is 16.2 Å². The lowest BCUT2D eigenvalue weighted by Crippen LogP contribution is -2.36. The molecular weight excluding hydrogens is 327 g/mol. The monoisotopic (exact) mass is 346 g/mol. The summed E-state index contributed by atoms with van der Waals surface area (Å²) in [5, 5.41) is 12.6. The molecule has 0 saturated heterocycles. The van der Waals surface area contributed by atoms with E-state index in [0.717, 1.165) is 18.9 Å². The van der Waals surface area contributed by atoms with Gasteiger partial charge in [0.15, 0.2) is 0 Å². The topological polar surface area (TPSA) is 75.3 Å². The molecule has 0 aliphatic rings. The van der Waals surface area contributed by atoms with Gasteiger partial charge in [-0.15, -0.1) is 0 Å². The highest BCUT2D eigenvalue weighted by molar-refractivity contribution is 9.10. The molecule has 112 valence electrons. The number of rotatable bonds is 6. The number of hydrogen-bond acceptors (Lipinski definition) is 3. The number of nitrogens with two attached hydrogens (primary N) is 1. The van der Waals surface area contributed by atoms with Crippen LogP contribution in [0.5, 0.6) is 0 Å². The quantitative estimate of drug-likeness (QED) is 0.693. The van der Waals surface area contributed by atoms with Crippen molar-refractivity contribution in [3.8, 4) is 0 Å². The number of nitrogen functional groups attached to an aromatic ring is 1. The number of carbonyl (C=O) groups excluding carboxylic acids is 1. The maximum atomic E-state index is 13.2. The van der Waals surface area contributed by atoms with Crippen LogP contribution in [0.2, 0.25) is 0 Å². The lowest BCUT2D eigenvalue weighted by Gasteiger charge is -2.20. The Labute approximate surface area is 126 Å². The average Bonchev–Trinajstić information content (AvgIpc) is 2.41. The van der Waals surface area contributed by atoms with Crippen LogP contribution in [0.4, 0.5) is 10.1 Å². The Balaban J connectivity index is 2.70. The van der Waals surface area contributed by atoms with Gasteiger partial charge in [-0.1, -0.05) is 26.7 Å². The highest BCUT2D eigenvalue weighted by Crippen LogP contribution is 2.22. The molecule has 0 heterocycles. The standard InChI is InChI=1S/C14H20BrFN2O2/c1-3-8(4-2)13(19)7-18-14(20)9-5-12(17)11(16)6-10(9)15/h5-6,8,13,19H,3-4,7,17H2,1-2H3,(H,18,20). The van der Waals surface area contributed by atoms with Crippen LogP contribution in [0.1, 0.15) is 37.0 Å². The fourth-order valence-electron chi connectivity index (χ4n) is 2.03. The summed E-state index contributed by atoms with van der Waals surface area (Å²) in [7, 11) is 0. The summed E-state index contributed by atoms with van der Waals surface area (Å²) in [6.07, 6.45) is 1.10. The number of hydrogen-bond donors (Lipinski definition) is 3. The highest BCUT2D eigenvalue weighted by Gasteiger charge is 2.18. The summed E-state index contributed by atoms with van der Waals surface area (Å²) in [6, 6.07) is 2.43. The smallest absolute Gasteiger partial charge is 0.252 e. The van der Waals surface area contributed by atoms with E-state index >= 15 is 0 Å². The zero-order valence-corrected chi connectivity index (χ0v) is 13.2. The van der Waals surface area contributed by atoms with Gasteiger partial charge in [-0.05, 0) is 34.0 Å². The predicted octanol–water partition coefficient (Wildman–Crippen LogP) is 2.70. The molecule has 1 unspecified atom stereocenters. The number of aliphatic hydroxyl groups is 1. The van der Waals surface area contributed by atoms with Crippen molar-refractivity contribution < 1.29 is 14.3 Å². The molecule has 1 amide bonds. The minimum atomic E-state index is -0.592. The maximum absolute atomic E-state index is 13.2. The number of amides is 1. The van der Waals surface area contributed by atoms with E-state index in [4.69, 9.17) is 5.73 Å². The number of aliphatic hydroxyl groups excluding tert-OH is 1. The van der Waals surface area contributed by atoms with Gasteiger partial charge in [0.25, 0.3) is 5.91 Å². The molecule has 0 aliphatic heterocycles. The van der Waals surface area contributed by atoms with Crippen LogP contribution in [0.3, 0.4) is 0 Å². The number of nitrogens with one attached hydrogen (secondary N) is 1. The van der Waals surface area contributed by atoms with Crippen LogP contribution in [0.15, 0.2) is 16.6 Å². The Morgan fingerprint density at radius 3 is 2.60 bits per heavy atom. The Kier molecular flexibility index (Phi) is 6.42. The molecule has 0 fully saturated rings. The number of carbonyl (C=O) groups is 1. The zero-order valence-electron chi connectivity index (χ0n) is 11.6. The maximum Gasteiger partial charge on any atom is 0.252 e. The van der Waals surface area contributed by atoms with Crippen LogP contribution >= 0.6 is 15.9 Å². The van der Waals surface area contributed by atoms with Crippen molar-refractivity contribution in [2.75, 3.05) is 12.3 Å². The van der Waals surface area contributed by atoms with Gasteiger partial charge in [0.2, 0.25) is 0 Å².